The third-order valence-electron chi connectivity index (χ3n) is 2.80. The van der Waals surface area contributed by atoms with Gasteiger partial charge in [0.2, 0.25) is 0 Å². The summed E-state index contributed by atoms with van der Waals surface area (Å²) in [6, 6.07) is 0.206. The first-order chi connectivity index (χ1) is 5.10. The highest BCUT2D eigenvalue weighted by Crippen LogP contribution is 2.32. The molecule has 1 nitrogen and oxygen atoms in total. The van der Waals surface area contributed by atoms with Crippen molar-refractivity contribution >= 4 is 0 Å². The van der Waals surface area contributed by atoms with Gasteiger partial charge in [-0.25, -0.2) is 0 Å². The minimum Gasteiger partial charge on any atom is -0.324 e. The Morgan fingerprint density at radius 1 is 1.64 bits per heavy atom. The Labute approximate surface area is 69.0 Å². The largest absolute Gasteiger partial charge is 0.324 e. The molecular weight excluding hydrogens is 134 g/mol. The number of rotatable bonds is 1. The van der Waals surface area contributed by atoms with Gasteiger partial charge in [0, 0.05) is 11.5 Å². The van der Waals surface area contributed by atoms with E-state index in [1.54, 1.807) is 0 Å². The molecule has 11 heavy (non-hydrogen) atoms. The number of nitrogens with two attached hydrogens (primary N) is 1. The number of hydrogen-bond acceptors (Lipinski definition) is 1. The molecule has 1 rings (SSSR count). The highest BCUT2D eigenvalue weighted by Gasteiger charge is 2.29. The lowest BCUT2D eigenvalue weighted by Gasteiger charge is -2.34. The van der Waals surface area contributed by atoms with Gasteiger partial charge in [-0.15, -0.1) is 0 Å². The Balaban J connectivity index is 2.88. The Morgan fingerprint density at radius 3 is 2.73 bits per heavy atom. The van der Waals surface area contributed by atoms with Crippen LogP contribution in [0.3, 0.4) is 0 Å². The molecule has 1 aliphatic carbocycles. The van der Waals surface area contributed by atoms with Crippen LogP contribution in [0.5, 0.6) is 0 Å². The summed E-state index contributed by atoms with van der Waals surface area (Å²) in [7, 11) is 0. The minimum absolute atomic E-state index is 0.179. The summed E-state index contributed by atoms with van der Waals surface area (Å²) in [5.74, 6) is 0. The highest BCUT2D eigenvalue weighted by atomic mass is 14.7. The fraction of sp³-hybridized carbons (Fsp3) is 0.600. The van der Waals surface area contributed by atoms with Crippen LogP contribution in [0.15, 0.2) is 23.8 Å². The fourth-order valence-electron chi connectivity index (χ4n) is 1.48. The maximum absolute atomic E-state index is 6.05. The van der Waals surface area contributed by atoms with Gasteiger partial charge in [-0.3, -0.25) is 0 Å². The molecule has 0 heterocycles. The van der Waals surface area contributed by atoms with Gasteiger partial charge in [-0.2, -0.15) is 0 Å². The molecule has 0 bridgehead atoms. The van der Waals surface area contributed by atoms with Gasteiger partial charge in [0.25, 0.3) is 0 Å². The van der Waals surface area contributed by atoms with Crippen molar-refractivity contribution in [1.29, 1.82) is 0 Å². The molecule has 0 aromatic carbocycles. The van der Waals surface area contributed by atoms with Gasteiger partial charge < -0.3 is 5.73 Å². The van der Waals surface area contributed by atoms with Gasteiger partial charge in [-0.1, -0.05) is 37.6 Å². The summed E-state index contributed by atoms with van der Waals surface area (Å²) in [6.45, 7) is 6.50. The lowest BCUT2D eigenvalue weighted by Crippen LogP contribution is -2.39. The Kier molecular flexibility index (Phi) is 2.19. The molecule has 0 radical (unpaired) electrons. The van der Waals surface area contributed by atoms with Crippen molar-refractivity contribution in [2.45, 2.75) is 33.2 Å². The van der Waals surface area contributed by atoms with Crippen LogP contribution < -0.4 is 5.73 Å². The van der Waals surface area contributed by atoms with Crippen LogP contribution in [0, 0.1) is 5.41 Å². The molecule has 0 aromatic heterocycles. The molecule has 2 unspecified atom stereocenters. The van der Waals surface area contributed by atoms with Gasteiger partial charge >= 0.3 is 0 Å². The van der Waals surface area contributed by atoms with E-state index in [2.05, 4.69) is 39.0 Å². The van der Waals surface area contributed by atoms with Crippen LogP contribution in [0.1, 0.15) is 27.2 Å². The first-order valence-corrected chi connectivity index (χ1v) is 4.22. The van der Waals surface area contributed by atoms with E-state index in [9.17, 15) is 0 Å². The van der Waals surface area contributed by atoms with Crippen molar-refractivity contribution in [2.75, 3.05) is 0 Å². The first kappa shape index (κ1) is 8.54. The van der Waals surface area contributed by atoms with E-state index < -0.39 is 0 Å². The molecule has 0 aliphatic heterocycles. The molecule has 2 N–H and O–H groups in total. The minimum atomic E-state index is 0.179. The maximum atomic E-state index is 6.05. The summed E-state index contributed by atoms with van der Waals surface area (Å²) in [6.07, 6.45) is 7.53. The molecule has 1 heteroatoms. The quantitative estimate of drug-likeness (QED) is 0.611. The molecule has 0 amide bonds. The summed E-state index contributed by atoms with van der Waals surface area (Å²) in [5, 5.41) is 0. The van der Waals surface area contributed by atoms with E-state index in [-0.39, 0.29) is 11.5 Å². The molecule has 1 aliphatic rings. The molecule has 0 saturated heterocycles. The van der Waals surface area contributed by atoms with Gasteiger partial charge in [0.15, 0.2) is 0 Å². The monoisotopic (exact) mass is 151 g/mol. The predicted octanol–water partition coefficient (Wildman–Crippen LogP) is 2.25. The normalized spacial score (nSPS) is 37.1. The first-order valence-electron chi connectivity index (χ1n) is 4.22. The van der Waals surface area contributed by atoms with Gasteiger partial charge in [-0.05, 0) is 13.3 Å². The van der Waals surface area contributed by atoms with Crippen LogP contribution >= 0.6 is 0 Å². The van der Waals surface area contributed by atoms with Crippen molar-refractivity contribution in [3.63, 3.8) is 0 Å². The molecule has 0 aromatic rings. The summed E-state index contributed by atoms with van der Waals surface area (Å²) in [5.41, 5.74) is 7.52. The molecular formula is C10H17N. The number of hydrogen-bond donors (Lipinski definition) is 1. The topological polar surface area (TPSA) is 26.0 Å². The summed E-state index contributed by atoms with van der Waals surface area (Å²) < 4.78 is 0. The van der Waals surface area contributed by atoms with Crippen molar-refractivity contribution in [2.24, 2.45) is 11.1 Å². The Bertz CT molecular complexity index is 203. The Hall–Kier alpha value is -0.560. The van der Waals surface area contributed by atoms with Gasteiger partial charge in [0.1, 0.15) is 0 Å². The van der Waals surface area contributed by atoms with Crippen LogP contribution in [-0.4, -0.2) is 6.04 Å². The zero-order valence-electron chi connectivity index (χ0n) is 7.59. The second-order valence-corrected chi connectivity index (χ2v) is 3.61. The van der Waals surface area contributed by atoms with Crippen molar-refractivity contribution in [1.82, 2.24) is 0 Å². The molecule has 2 atom stereocenters. The van der Waals surface area contributed by atoms with Crippen molar-refractivity contribution in [3.8, 4) is 0 Å². The zero-order valence-corrected chi connectivity index (χ0v) is 7.59. The zero-order chi connectivity index (χ0) is 8.48. The third kappa shape index (κ3) is 1.38. The van der Waals surface area contributed by atoms with Crippen molar-refractivity contribution < 1.29 is 0 Å². The van der Waals surface area contributed by atoms with Crippen LogP contribution in [0.25, 0.3) is 0 Å². The SMILES string of the molecule is CCC1(C)C=CC=C(C)C1N. The van der Waals surface area contributed by atoms with Gasteiger partial charge in [0.05, 0.1) is 0 Å². The van der Waals surface area contributed by atoms with E-state index in [1.165, 1.54) is 5.57 Å². The summed E-state index contributed by atoms with van der Waals surface area (Å²) in [4.78, 5) is 0. The van der Waals surface area contributed by atoms with Crippen molar-refractivity contribution in [3.05, 3.63) is 23.8 Å². The highest BCUT2D eigenvalue weighted by molar-refractivity contribution is 5.27. The van der Waals surface area contributed by atoms with E-state index >= 15 is 0 Å². The van der Waals surface area contributed by atoms with Crippen LogP contribution in [0.2, 0.25) is 0 Å². The molecule has 62 valence electrons. The standard InChI is InChI=1S/C10H17N/c1-4-10(3)7-5-6-8(2)9(10)11/h5-7,9H,4,11H2,1-3H3. The average molecular weight is 151 g/mol. The number of allylic oxidation sites excluding steroid dienone is 2. The van der Waals surface area contributed by atoms with E-state index in [0.29, 0.717) is 0 Å². The summed E-state index contributed by atoms with van der Waals surface area (Å²) >= 11 is 0. The lowest BCUT2D eigenvalue weighted by atomic mass is 9.74. The maximum Gasteiger partial charge on any atom is 0.0343 e. The molecule has 0 spiro atoms. The van der Waals surface area contributed by atoms with E-state index in [1.807, 2.05) is 0 Å². The smallest absolute Gasteiger partial charge is 0.0343 e. The second-order valence-electron chi connectivity index (χ2n) is 3.61. The average Bonchev–Trinajstić information content (AvgIpc) is 2.00. The van der Waals surface area contributed by atoms with Crippen LogP contribution in [-0.2, 0) is 0 Å². The van der Waals surface area contributed by atoms with E-state index in [4.69, 9.17) is 5.73 Å². The van der Waals surface area contributed by atoms with E-state index in [0.717, 1.165) is 6.42 Å². The lowest BCUT2D eigenvalue weighted by molar-refractivity contribution is 0.350. The molecule has 0 saturated carbocycles. The predicted molar refractivity (Wildman–Crippen MR) is 49.3 cm³/mol. The van der Waals surface area contributed by atoms with Crippen LogP contribution in [0.4, 0.5) is 0 Å². The Morgan fingerprint density at radius 2 is 2.27 bits per heavy atom. The second kappa shape index (κ2) is 2.82. The fourth-order valence-corrected chi connectivity index (χ4v) is 1.48. The molecule has 0 fully saturated rings. The third-order valence-corrected chi connectivity index (χ3v) is 2.80.